The Morgan fingerprint density at radius 3 is 2.33 bits per heavy atom. The Kier molecular flexibility index (Phi) is 7.49. The summed E-state index contributed by atoms with van der Waals surface area (Å²) in [4.78, 5) is 10.8. The summed E-state index contributed by atoms with van der Waals surface area (Å²) in [5.74, 6) is 2.82. The van der Waals surface area contributed by atoms with Gasteiger partial charge in [-0.05, 0) is 36.2 Å². The van der Waals surface area contributed by atoms with Gasteiger partial charge >= 0.3 is 5.97 Å². The van der Waals surface area contributed by atoms with Gasteiger partial charge in [0, 0.05) is 6.92 Å². The minimum atomic E-state index is -0.215. The number of ether oxygens (including phenoxy) is 1. The molecule has 0 unspecified atom stereocenters. The van der Waals surface area contributed by atoms with Gasteiger partial charge < -0.3 is 9.84 Å². The minimum absolute atomic E-state index is 0.134. The molecular weight excluding hydrogens is 268 g/mol. The zero-order chi connectivity index (χ0) is 13.5. The Bertz CT molecular complexity index is 255. The van der Waals surface area contributed by atoms with Gasteiger partial charge in [-0.15, -0.1) is 23.5 Å². The first-order valence-electron chi connectivity index (χ1n) is 6.64. The Morgan fingerprint density at radius 2 is 1.94 bits per heavy atom. The molecule has 3 nitrogen and oxygen atoms in total. The van der Waals surface area contributed by atoms with Crippen LogP contribution < -0.4 is 0 Å². The maximum atomic E-state index is 10.8. The van der Waals surface area contributed by atoms with E-state index in [9.17, 15) is 9.90 Å². The third kappa shape index (κ3) is 5.41. The molecule has 1 saturated carbocycles. The van der Waals surface area contributed by atoms with Crippen molar-refractivity contribution >= 4 is 29.5 Å². The van der Waals surface area contributed by atoms with Gasteiger partial charge in [-0.3, -0.25) is 4.79 Å². The zero-order valence-corrected chi connectivity index (χ0v) is 13.1. The molecule has 106 valence electrons. The van der Waals surface area contributed by atoms with Crippen LogP contribution >= 0.6 is 23.5 Å². The van der Waals surface area contributed by atoms with Crippen molar-refractivity contribution in [1.82, 2.24) is 0 Å². The number of aliphatic hydroxyl groups is 1. The lowest BCUT2D eigenvalue weighted by molar-refractivity contribution is -0.141. The third-order valence-corrected chi connectivity index (χ3v) is 5.96. The fourth-order valence-corrected chi connectivity index (χ4v) is 5.20. The standard InChI is InChI=1S/C13H24O3S2/c1-4-17-13(18-5-2)10(11-8-12(11)15)6-7-16-9(3)14/h10-13,15H,4-8H2,1-3H3/t10-,11-,12-/m1/s1. The van der Waals surface area contributed by atoms with E-state index in [1.54, 1.807) is 0 Å². The molecule has 1 aliphatic carbocycles. The first kappa shape index (κ1) is 16.2. The lowest BCUT2D eigenvalue weighted by atomic mass is 10.0. The van der Waals surface area contributed by atoms with Crippen LogP contribution in [0.2, 0.25) is 0 Å². The van der Waals surface area contributed by atoms with Crippen molar-refractivity contribution in [3.05, 3.63) is 0 Å². The number of hydrogen-bond donors (Lipinski definition) is 1. The summed E-state index contributed by atoms with van der Waals surface area (Å²) in [5, 5.41) is 9.66. The molecule has 0 amide bonds. The van der Waals surface area contributed by atoms with E-state index in [2.05, 4.69) is 13.8 Å². The summed E-state index contributed by atoms with van der Waals surface area (Å²) in [5.41, 5.74) is 0. The van der Waals surface area contributed by atoms with Crippen molar-refractivity contribution < 1.29 is 14.6 Å². The van der Waals surface area contributed by atoms with E-state index in [1.165, 1.54) is 6.92 Å². The number of rotatable bonds is 9. The number of thioether (sulfide) groups is 2. The van der Waals surface area contributed by atoms with Crippen molar-refractivity contribution in [3.63, 3.8) is 0 Å². The van der Waals surface area contributed by atoms with Gasteiger partial charge in [-0.25, -0.2) is 0 Å². The van der Waals surface area contributed by atoms with Crippen LogP contribution in [-0.2, 0) is 9.53 Å². The smallest absolute Gasteiger partial charge is 0.302 e. The van der Waals surface area contributed by atoms with Crippen molar-refractivity contribution in [2.75, 3.05) is 18.1 Å². The highest BCUT2D eigenvalue weighted by Crippen LogP contribution is 2.47. The molecule has 0 aliphatic heterocycles. The number of carbonyl (C=O) groups is 1. The van der Waals surface area contributed by atoms with Crippen molar-refractivity contribution in [2.45, 2.75) is 44.3 Å². The summed E-state index contributed by atoms with van der Waals surface area (Å²) in [6.45, 7) is 6.26. The number of carbonyl (C=O) groups excluding carboxylic acids is 1. The van der Waals surface area contributed by atoms with E-state index in [0.29, 0.717) is 23.0 Å². The molecule has 1 N–H and O–H groups in total. The first-order chi connectivity index (χ1) is 8.60. The Morgan fingerprint density at radius 1 is 1.39 bits per heavy atom. The van der Waals surface area contributed by atoms with Gasteiger partial charge in [0.05, 0.1) is 17.3 Å². The molecule has 5 heteroatoms. The van der Waals surface area contributed by atoms with Crippen LogP contribution in [0.15, 0.2) is 0 Å². The van der Waals surface area contributed by atoms with Gasteiger partial charge in [0.1, 0.15) is 0 Å². The molecule has 1 rings (SSSR count). The molecule has 0 aromatic heterocycles. The fraction of sp³-hybridized carbons (Fsp3) is 0.923. The van der Waals surface area contributed by atoms with E-state index in [0.717, 1.165) is 24.3 Å². The van der Waals surface area contributed by atoms with E-state index in [-0.39, 0.29) is 12.1 Å². The van der Waals surface area contributed by atoms with E-state index < -0.39 is 0 Å². The van der Waals surface area contributed by atoms with Crippen molar-refractivity contribution in [3.8, 4) is 0 Å². The molecule has 0 bridgehead atoms. The normalized spacial score (nSPS) is 24.1. The summed E-state index contributed by atoms with van der Waals surface area (Å²) in [6, 6.07) is 0. The summed E-state index contributed by atoms with van der Waals surface area (Å²) in [7, 11) is 0. The quantitative estimate of drug-likeness (QED) is 0.523. The van der Waals surface area contributed by atoms with Crippen LogP contribution in [0.25, 0.3) is 0 Å². The van der Waals surface area contributed by atoms with E-state index >= 15 is 0 Å². The SMILES string of the molecule is CCSC(SCC)[C@H](CCOC(C)=O)[C@H]1C[C@H]1O. The van der Waals surface area contributed by atoms with Gasteiger partial charge in [-0.1, -0.05) is 13.8 Å². The molecule has 0 heterocycles. The third-order valence-electron chi connectivity index (χ3n) is 3.12. The topological polar surface area (TPSA) is 46.5 Å². The first-order valence-corrected chi connectivity index (χ1v) is 8.74. The molecular formula is C13H24O3S2. The predicted molar refractivity (Wildman–Crippen MR) is 78.9 cm³/mol. The molecule has 18 heavy (non-hydrogen) atoms. The number of esters is 1. The predicted octanol–water partition coefficient (Wildman–Crippen LogP) is 2.77. The van der Waals surface area contributed by atoms with Gasteiger partial charge in [0.15, 0.2) is 0 Å². The average Bonchev–Trinajstić information content (AvgIpc) is 3.01. The second kappa shape index (κ2) is 8.33. The van der Waals surface area contributed by atoms with Crippen LogP contribution in [0.5, 0.6) is 0 Å². The van der Waals surface area contributed by atoms with E-state index in [4.69, 9.17) is 4.74 Å². The summed E-state index contributed by atoms with van der Waals surface area (Å²) in [6.07, 6.45) is 1.65. The summed E-state index contributed by atoms with van der Waals surface area (Å²) >= 11 is 3.90. The molecule has 0 aromatic carbocycles. The van der Waals surface area contributed by atoms with E-state index in [1.807, 2.05) is 23.5 Å². The molecule has 1 fully saturated rings. The molecule has 1 aliphatic rings. The molecule has 0 aromatic rings. The monoisotopic (exact) mass is 292 g/mol. The maximum Gasteiger partial charge on any atom is 0.302 e. The molecule has 3 atom stereocenters. The highest BCUT2D eigenvalue weighted by molar-refractivity contribution is 8.17. The number of hydrogen-bond acceptors (Lipinski definition) is 5. The lowest BCUT2D eigenvalue weighted by Gasteiger charge is -2.25. The fourth-order valence-electron chi connectivity index (χ4n) is 2.17. The van der Waals surface area contributed by atoms with Gasteiger partial charge in [0.2, 0.25) is 0 Å². The summed E-state index contributed by atoms with van der Waals surface area (Å²) < 4.78 is 5.56. The Balaban J connectivity index is 2.49. The molecule has 0 saturated heterocycles. The van der Waals surface area contributed by atoms with Crippen LogP contribution in [0.4, 0.5) is 0 Å². The molecule has 0 spiro atoms. The van der Waals surface area contributed by atoms with Crippen LogP contribution in [-0.4, -0.2) is 39.9 Å². The largest absolute Gasteiger partial charge is 0.466 e. The highest BCUT2D eigenvalue weighted by Gasteiger charge is 2.44. The Hall–Kier alpha value is 0.130. The molecule has 0 radical (unpaired) electrons. The van der Waals surface area contributed by atoms with Crippen LogP contribution in [0, 0.1) is 11.8 Å². The van der Waals surface area contributed by atoms with Crippen molar-refractivity contribution in [1.29, 1.82) is 0 Å². The van der Waals surface area contributed by atoms with Crippen LogP contribution in [0.3, 0.4) is 0 Å². The van der Waals surface area contributed by atoms with Crippen LogP contribution in [0.1, 0.15) is 33.6 Å². The second-order valence-corrected chi connectivity index (χ2v) is 7.67. The maximum absolute atomic E-state index is 10.8. The lowest BCUT2D eigenvalue weighted by Crippen LogP contribution is -2.21. The average molecular weight is 292 g/mol. The Labute approximate surface area is 118 Å². The zero-order valence-electron chi connectivity index (χ0n) is 11.4. The highest BCUT2D eigenvalue weighted by atomic mass is 32.2. The minimum Gasteiger partial charge on any atom is -0.466 e. The van der Waals surface area contributed by atoms with Gasteiger partial charge in [0.25, 0.3) is 0 Å². The van der Waals surface area contributed by atoms with Gasteiger partial charge in [-0.2, -0.15) is 0 Å². The van der Waals surface area contributed by atoms with Crippen molar-refractivity contribution in [2.24, 2.45) is 11.8 Å². The number of aliphatic hydroxyl groups excluding tert-OH is 1. The second-order valence-electron chi connectivity index (χ2n) is 4.54.